The maximum atomic E-state index is 10.6. The second-order valence-electron chi connectivity index (χ2n) is 7.53. The molecule has 0 radical (unpaired) electrons. The molecule has 0 aromatic heterocycles. The minimum Gasteiger partial charge on any atom is -0.493 e. The zero-order valence-electron chi connectivity index (χ0n) is 15.9. The molecule has 0 aliphatic rings. The fraction of sp³-hybridized carbons (Fsp3) is 0.684. The zero-order chi connectivity index (χ0) is 18.4. The molecule has 1 aromatic rings. The number of ether oxygens (including phenoxy) is 1. The van der Waals surface area contributed by atoms with Crippen molar-refractivity contribution in [1.82, 2.24) is 4.72 Å². The van der Waals surface area contributed by atoms with Crippen molar-refractivity contribution in [1.29, 1.82) is 0 Å². The van der Waals surface area contributed by atoms with E-state index in [1.165, 1.54) is 11.1 Å². The summed E-state index contributed by atoms with van der Waals surface area (Å²) >= 11 is -1.95. The van der Waals surface area contributed by atoms with Gasteiger partial charge in [-0.3, -0.25) is 4.55 Å². The van der Waals surface area contributed by atoms with Crippen LogP contribution in [0.2, 0.25) is 0 Å². The Morgan fingerprint density at radius 3 is 2.29 bits per heavy atom. The third-order valence-corrected chi connectivity index (χ3v) is 5.51. The third-order valence-electron chi connectivity index (χ3n) is 5.06. The molecule has 1 atom stereocenters. The molecular formula is C19H33NO3S. The van der Waals surface area contributed by atoms with Gasteiger partial charge in [-0.15, -0.1) is 0 Å². The first-order valence-corrected chi connectivity index (χ1v) is 9.87. The number of benzene rings is 1. The van der Waals surface area contributed by atoms with Gasteiger partial charge in [0.15, 0.2) is 0 Å². The van der Waals surface area contributed by atoms with Crippen LogP contribution >= 0.6 is 0 Å². The highest BCUT2D eigenvalue weighted by molar-refractivity contribution is 7.77. The molecule has 0 amide bonds. The van der Waals surface area contributed by atoms with Crippen molar-refractivity contribution in [2.75, 3.05) is 13.2 Å². The molecule has 24 heavy (non-hydrogen) atoms. The van der Waals surface area contributed by atoms with E-state index in [4.69, 9.17) is 9.29 Å². The Bertz CT molecular complexity index is 556. The first-order chi connectivity index (χ1) is 11.1. The van der Waals surface area contributed by atoms with Gasteiger partial charge in [0, 0.05) is 12.1 Å². The third kappa shape index (κ3) is 5.87. The van der Waals surface area contributed by atoms with E-state index >= 15 is 0 Å². The van der Waals surface area contributed by atoms with Crippen LogP contribution in [0.4, 0.5) is 0 Å². The van der Waals surface area contributed by atoms with Gasteiger partial charge in [0.05, 0.1) is 6.61 Å². The van der Waals surface area contributed by atoms with E-state index in [-0.39, 0.29) is 10.8 Å². The maximum absolute atomic E-state index is 10.6. The molecule has 0 aliphatic carbocycles. The van der Waals surface area contributed by atoms with Crippen molar-refractivity contribution in [3.05, 3.63) is 29.3 Å². The highest BCUT2D eigenvalue weighted by Crippen LogP contribution is 2.38. The molecule has 0 saturated carbocycles. The predicted molar refractivity (Wildman–Crippen MR) is 102 cm³/mol. The van der Waals surface area contributed by atoms with Crippen molar-refractivity contribution in [3.63, 3.8) is 0 Å². The molecule has 138 valence electrons. The van der Waals surface area contributed by atoms with Crippen molar-refractivity contribution >= 4 is 11.3 Å². The summed E-state index contributed by atoms with van der Waals surface area (Å²) in [5.74, 6) is 0.919. The van der Waals surface area contributed by atoms with Gasteiger partial charge in [0.25, 0.3) is 0 Å². The number of nitrogens with one attached hydrogen (secondary N) is 1. The maximum Gasteiger partial charge on any atom is 0.231 e. The lowest BCUT2D eigenvalue weighted by Crippen LogP contribution is -2.22. The van der Waals surface area contributed by atoms with Gasteiger partial charge in [0.2, 0.25) is 11.3 Å². The summed E-state index contributed by atoms with van der Waals surface area (Å²) in [5.41, 5.74) is 2.76. The fourth-order valence-electron chi connectivity index (χ4n) is 2.41. The Kier molecular flexibility index (Phi) is 7.90. The van der Waals surface area contributed by atoms with Crippen LogP contribution in [0.5, 0.6) is 5.75 Å². The van der Waals surface area contributed by atoms with Crippen molar-refractivity contribution in [2.45, 2.75) is 71.6 Å². The van der Waals surface area contributed by atoms with Crippen molar-refractivity contribution < 1.29 is 13.5 Å². The first-order valence-electron chi connectivity index (χ1n) is 8.76. The van der Waals surface area contributed by atoms with Crippen LogP contribution in [-0.4, -0.2) is 21.9 Å². The van der Waals surface area contributed by atoms with E-state index in [1.807, 2.05) is 0 Å². The average Bonchev–Trinajstić information content (AvgIpc) is 2.54. The van der Waals surface area contributed by atoms with E-state index < -0.39 is 11.3 Å². The van der Waals surface area contributed by atoms with Gasteiger partial charge in [-0.2, -0.15) is 0 Å². The quantitative estimate of drug-likeness (QED) is 0.478. The monoisotopic (exact) mass is 355 g/mol. The molecule has 1 unspecified atom stereocenters. The smallest absolute Gasteiger partial charge is 0.231 e. The second kappa shape index (κ2) is 8.97. The van der Waals surface area contributed by atoms with E-state index in [9.17, 15) is 4.21 Å². The largest absolute Gasteiger partial charge is 0.493 e. The summed E-state index contributed by atoms with van der Waals surface area (Å²) in [5, 5.41) is 0. The Labute approximate surface area is 149 Å². The second-order valence-corrected chi connectivity index (χ2v) is 8.32. The highest BCUT2D eigenvalue weighted by Gasteiger charge is 2.26. The summed E-state index contributed by atoms with van der Waals surface area (Å²) in [7, 11) is 0. The van der Waals surface area contributed by atoms with Crippen LogP contribution in [-0.2, 0) is 22.1 Å². The van der Waals surface area contributed by atoms with Gasteiger partial charge < -0.3 is 4.74 Å². The molecule has 5 heteroatoms. The Balaban J connectivity index is 2.96. The number of hydrogen-bond donors (Lipinski definition) is 2. The average molecular weight is 356 g/mol. The molecule has 0 fully saturated rings. The van der Waals surface area contributed by atoms with E-state index in [0.717, 1.165) is 18.6 Å². The summed E-state index contributed by atoms with van der Waals surface area (Å²) in [6, 6.07) is 6.54. The molecule has 1 aromatic carbocycles. The summed E-state index contributed by atoms with van der Waals surface area (Å²) in [6.07, 6.45) is 2.80. The van der Waals surface area contributed by atoms with Gasteiger partial charge in [-0.25, -0.2) is 8.93 Å². The summed E-state index contributed by atoms with van der Waals surface area (Å²) < 4.78 is 27.7. The van der Waals surface area contributed by atoms with Crippen LogP contribution in [0.3, 0.4) is 0 Å². The van der Waals surface area contributed by atoms with Crippen LogP contribution < -0.4 is 9.46 Å². The summed E-state index contributed by atoms with van der Waals surface area (Å²) in [6.45, 7) is 14.4. The van der Waals surface area contributed by atoms with Crippen LogP contribution in [0, 0.1) is 0 Å². The van der Waals surface area contributed by atoms with Crippen LogP contribution in [0.25, 0.3) is 0 Å². The standard InChI is InChI=1S/C19H33NO3S/c1-7-18(3,4)15-10-11-17(16(14-15)19(5,6)8-2)23-13-9-12-20-24(21)22/h10-11,14,20H,7-9,12-13H2,1-6H3,(H,21,22). The van der Waals surface area contributed by atoms with Crippen molar-refractivity contribution in [3.8, 4) is 5.75 Å². The molecule has 0 aliphatic heterocycles. The highest BCUT2D eigenvalue weighted by atomic mass is 32.2. The normalized spacial score (nSPS) is 13.8. The van der Waals surface area contributed by atoms with Gasteiger partial charge in [-0.05, 0) is 41.7 Å². The molecule has 0 saturated heterocycles. The van der Waals surface area contributed by atoms with Gasteiger partial charge in [-0.1, -0.05) is 53.7 Å². The number of rotatable bonds is 10. The Hall–Kier alpha value is -0.910. The molecule has 0 heterocycles. The predicted octanol–water partition coefficient (Wildman–Crippen LogP) is 4.56. The zero-order valence-corrected chi connectivity index (χ0v) is 16.8. The minimum absolute atomic E-state index is 0.0417. The minimum atomic E-state index is -1.95. The lowest BCUT2D eigenvalue weighted by Gasteiger charge is -2.30. The van der Waals surface area contributed by atoms with Gasteiger partial charge >= 0.3 is 0 Å². The molecule has 1 rings (SSSR count). The van der Waals surface area contributed by atoms with Crippen molar-refractivity contribution in [2.24, 2.45) is 0 Å². The Morgan fingerprint density at radius 2 is 1.75 bits per heavy atom. The molecule has 0 bridgehead atoms. The Morgan fingerprint density at radius 1 is 1.12 bits per heavy atom. The first kappa shape index (κ1) is 21.1. The molecular weight excluding hydrogens is 322 g/mol. The lowest BCUT2D eigenvalue weighted by molar-refractivity contribution is 0.300. The van der Waals surface area contributed by atoms with E-state index in [2.05, 4.69) is 64.5 Å². The van der Waals surface area contributed by atoms with E-state index in [1.54, 1.807) is 0 Å². The SMILES string of the molecule is CCC(C)(C)c1ccc(OCCCNS(=O)O)c(C(C)(C)CC)c1. The van der Waals surface area contributed by atoms with Gasteiger partial charge in [0.1, 0.15) is 5.75 Å². The summed E-state index contributed by atoms with van der Waals surface area (Å²) in [4.78, 5) is 0. The number of hydrogen-bond acceptors (Lipinski definition) is 2. The lowest BCUT2D eigenvalue weighted by atomic mass is 9.76. The molecule has 4 nitrogen and oxygen atoms in total. The topological polar surface area (TPSA) is 58.6 Å². The molecule has 0 spiro atoms. The van der Waals surface area contributed by atoms with Crippen LogP contribution in [0.1, 0.15) is 71.9 Å². The van der Waals surface area contributed by atoms with E-state index in [0.29, 0.717) is 19.6 Å². The fourth-order valence-corrected chi connectivity index (χ4v) is 2.73. The molecule has 2 N–H and O–H groups in total. The van der Waals surface area contributed by atoms with Crippen LogP contribution in [0.15, 0.2) is 18.2 Å².